The summed E-state index contributed by atoms with van der Waals surface area (Å²) < 4.78 is 2.21. The molecule has 0 aliphatic heterocycles. The highest BCUT2D eigenvalue weighted by molar-refractivity contribution is 5.89. The van der Waals surface area contributed by atoms with Crippen LogP contribution in [0.3, 0.4) is 0 Å². The maximum absolute atomic E-state index is 13.0. The second kappa shape index (κ2) is 9.27. The zero-order valence-electron chi connectivity index (χ0n) is 16.9. The van der Waals surface area contributed by atoms with Crippen LogP contribution in [-0.4, -0.2) is 21.5 Å². The Balaban J connectivity index is 1.75. The number of nitrogens with zero attached hydrogens (tertiary/aromatic N) is 2. The number of amides is 2. The molecule has 2 aromatic carbocycles. The van der Waals surface area contributed by atoms with E-state index in [1.54, 1.807) is 0 Å². The van der Waals surface area contributed by atoms with E-state index in [9.17, 15) is 4.79 Å². The molecular formula is C24H29N3O. The van der Waals surface area contributed by atoms with Crippen LogP contribution in [0.25, 0.3) is 0 Å². The Morgan fingerprint density at radius 2 is 1.75 bits per heavy atom. The van der Waals surface area contributed by atoms with E-state index in [2.05, 4.69) is 60.3 Å². The van der Waals surface area contributed by atoms with Gasteiger partial charge < -0.3 is 14.8 Å². The van der Waals surface area contributed by atoms with Gasteiger partial charge in [-0.05, 0) is 50.1 Å². The van der Waals surface area contributed by atoms with Crippen LogP contribution in [0.4, 0.5) is 10.5 Å². The van der Waals surface area contributed by atoms with Crippen molar-refractivity contribution in [3.05, 3.63) is 89.7 Å². The summed E-state index contributed by atoms with van der Waals surface area (Å²) in [5.74, 6) is 0. The molecule has 1 N–H and O–H groups in total. The lowest BCUT2D eigenvalue weighted by Gasteiger charge is -2.29. The van der Waals surface area contributed by atoms with Gasteiger partial charge in [-0.2, -0.15) is 0 Å². The molecule has 0 aliphatic rings. The van der Waals surface area contributed by atoms with Gasteiger partial charge in [-0.1, -0.05) is 55.0 Å². The highest BCUT2D eigenvalue weighted by Crippen LogP contribution is 2.16. The molecule has 4 nitrogen and oxygen atoms in total. The third-order valence-electron chi connectivity index (χ3n) is 5.14. The van der Waals surface area contributed by atoms with E-state index in [0.29, 0.717) is 6.54 Å². The maximum Gasteiger partial charge on any atom is 0.322 e. The molecule has 28 heavy (non-hydrogen) atoms. The fraction of sp³-hybridized carbons (Fsp3) is 0.292. The van der Waals surface area contributed by atoms with Gasteiger partial charge in [-0.25, -0.2) is 4.79 Å². The predicted octanol–water partition coefficient (Wildman–Crippen LogP) is 5.68. The molecule has 2 amide bonds. The van der Waals surface area contributed by atoms with Crippen molar-refractivity contribution in [2.24, 2.45) is 0 Å². The number of aryl methyl sites for hydroxylation is 1. The number of urea groups is 1. The van der Waals surface area contributed by atoms with E-state index < -0.39 is 0 Å². The highest BCUT2D eigenvalue weighted by Gasteiger charge is 2.20. The van der Waals surface area contributed by atoms with Gasteiger partial charge in [0, 0.05) is 30.2 Å². The zero-order valence-corrected chi connectivity index (χ0v) is 16.9. The summed E-state index contributed by atoms with van der Waals surface area (Å²) in [5.41, 5.74) is 4.38. The zero-order chi connectivity index (χ0) is 19.9. The van der Waals surface area contributed by atoms with Gasteiger partial charge in [0.15, 0.2) is 0 Å². The molecule has 0 radical (unpaired) electrons. The standard InChI is InChI=1S/C24H29N3O/c1-4-20(3)27(24(28)25-22-14-12-19(2)13-15-22)18-23-11-8-16-26(23)17-21-9-6-5-7-10-21/h5-16,20H,4,17-18H2,1-3H3,(H,25,28)/t20-/m0/s1. The Labute approximate surface area is 167 Å². The van der Waals surface area contributed by atoms with Crippen LogP contribution in [0, 0.1) is 6.92 Å². The lowest BCUT2D eigenvalue weighted by Crippen LogP contribution is -2.41. The molecule has 3 rings (SSSR count). The summed E-state index contributed by atoms with van der Waals surface area (Å²) in [5, 5.41) is 3.04. The molecule has 0 saturated heterocycles. The number of nitrogens with one attached hydrogen (secondary N) is 1. The number of hydrogen-bond acceptors (Lipinski definition) is 1. The predicted molar refractivity (Wildman–Crippen MR) is 115 cm³/mol. The van der Waals surface area contributed by atoms with Crippen LogP contribution >= 0.6 is 0 Å². The molecule has 0 unspecified atom stereocenters. The molecule has 0 bridgehead atoms. The molecule has 4 heteroatoms. The molecule has 0 spiro atoms. The Morgan fingerprint density at radius 3 is 2.43 bits per heavy atom. The summed E-state index contributed by atoms with van der Waals surface area (Å²) in [6.07, 6.45) is 2.98. The van der Waals surface area contributed by atoms with Gasteiger partial charge in [0.05, 0.1) is 6.54 Å². The summed E-state index contributed by atoms with van der Waals surface area (Å²) in [7, 11) is 0. The van der Waals surface area contributed by atoms with Crippen molar-refractivity contribution in [2.75, 3.05) is 5.32 Å². The average Bonchev–Trinajstić information content (AvgIpc) is 3.14. The Morgan fingerprint density at radius 1 is 1.04 bits per heavy atom. The third-order valence-corrected chi connectivity index (χ3v) is 5.14. The molecule has 146 valence electrons. The normalized spacial score (nSPS) is 11.8. The van der Waals surface area contributed by atoms with E-state index in [1.165, 1.54) is 11.1 Å². The first-order chi connectivity index (χ1) is 13.6. The highest BCUT2D eigenvalue weighted by atomic mass is 16.2. The molecule has 1 heterocycles. The van der Waals surface area contributed by atoms with Crippen molar-refractivity contribution in [3.8, 4) is 0 Å². The largest absolute Gasteiger partial charge is 0.345 e. The number of rotatable bonds is 7. The minimum atomic E-state index is -0.0642. The Kier molecular flexibility index (Phi) is 6.53. The van der Waals surface area contributed by atoms with E-state index in [1.807, 2.05) is 48.2 Å². The van der Waals surface area contributed by atoms with Crippen molar-refractivity contribution in [2.45, 2.75) is 46.3 Å². The van der Waals surface area contributed by atoms with Gasteiger partial charge in [-0.3, -0.25) is 0 Å². The van der Waals surface area contributed by atoms with Gasteiger partial charge in [0.1, 0.15) is 0 Å². The van der Waals surface area contributed by atoms with Crippen LogP contribution in [0.1, 0.15) is 37.1 Å². The smallest absolute Gasteiger partial charge is 0.322 e. The van der Waals surface area contributed by atoms with Crippen LogP contribution in [0.5, 0.6) is 0 Å². The van der Waals surface area contributed by atoms with E-state index in [0.717, 1.165) is 24.3 Å². The topological polar surface area (TPSA) is 37.3 Å². The number of carbonyl (C=O) groups is 1. The molecule has 0 saturated carbocycles. The van der Waals surface area contributed by atoms with Crippen LogP contribution in [0.15, 0.2) is 72.9 Å². The first kappa shape index (κ1) is 19.7. The third kappa shape index (κ3) is 5.03. The number of benzene rings is 2. The number of hydrogen-bond donors (Lipinski definition) is 1. The fourth-order valence-corrected chi connectivity index (χ4v) is 3.18. The molecule has 3 aromatic rings. The molecule has 1 atom stereocenters. The van der Waals surface area contributed by atoms with Crippen molar-refractivity contribution in [3.63, 3.8) is 0 Å². The summed E-state index contributed by atoms with van der Waals surface area (Å²) in [6, 6.07) is 22.5. The molecular weight excluding hydrogens is 346 g/mol. The van der Waals surface area contributed by atoms with Crippen LogP contribution in [0.2, 0.25) is 0 Å². The maximum atomic E-state index is 13.0. The molecule has 0 aliphatic carbocycles. The van der Waals surface area contributed by atoms with Gasteiger partial charge in [-0.15, -0.1) is 0 Å². The number of carbonyl (C=O) groups excluding carboxylic acids is 1. The average molecular weight is 376 g/mol. The molecule has 1 aromatic heterocycles. The second-order valence-corrected chi connectivity index (χ2v) is 7.29. The Hall–Kier alpha value is -3.01. The number of aromatic nitrogens is 1. The molecule has 0 fully saturated rings. The van der Waals surface area contributed by atoms with E-state index in [-0.39, 0.29) is 12.1 Å². The van der Waals surface area contributed by atoms with Crippen LogP contribution < -0.4 is 5.32 Å². The van der Waals surface area contributed by atoms with Crippen molar-refractivity contribution in [1.29, 1.82) is 0 Å². The minimum absolute atomic E-state index is 0.0642. The monoisotopic (exact) mass is 375 g/mol. The van der Waals surface area contributed by atoms with E-state index in [4.69, 9.17) is 0 Å². The quantitative estimate of drug-likeness (QED) is 0.567. The van der Waals surface area contributed by atoms with Crippen LogP contribution in [-0.2, 0) is 13.1 Å². The summed E-state index contributed by atoms with van der Waals surface area (Å²) >= 11 is 0. The van der Waals surface area contributed by atoms with Crippen molar-refractivity contribution in [1.82, 2.24) is 9.47 Å². The van der Waals surface area contributed by atoms with E-state index >= 15 is 0 Å². The van der Waals surface area contributed by atoms with Crippen molar-refractivity contribution < 1.29 is 4.79 Å². The first-order valence-corrected chi connectivity index (χ1v) is 9.89. The summed E-state index contributed by atoms with van der Waals surface area (Å²) in [6.45, 7) is 7.63. The fourth-order valence-electron chi connectivity index (χ4n) is 3.18. The Bertz CT molecular complexity index is 884. The summed E-state index contributed by atoms with van der Waals surface area (Å²) in [4.78, 5) is 14.9. The second-order valence-electron chi connectivity index (χ2n) is 7.29. The SMILES string of the molecule is CC[C@H](C)N(Cc1cccn1Cc1ccccc1)C(=O)Nc1ccc(C)cc1. The first-order valence-electron chi connectivity index (χ1n) is 9.89. The number of anilines is 1. The van der Waals surface area contributed by atoms with Crippen molar-refractivity contribution >= 4 is 11.7 Å². The van der Waals surface area contributed by atoms with Gasteiger partial charge in [0.2, 0.25) is 0 Å². The lowest BCUT2D eigenvalue weighted by atomic mass is 10.2. The van der Waals surface area contributed by atoms with Gasteiger partial charge in [0.25, 0.3) is 0 Å². The minimum Gasteiger partial charge on any atom is -0.345 e. The van der Waals surface area contributed by atoms with Gasteiger partial charge >= 0.3 is 6.03 Å². The lowest BCUT2D eigenvalue weighted by molar-refractivity contribution is 0.185.